The van der Waals surface area contributed by atoms with E-state index in [4.69, 9.17) is 0 Å². The van der Waals surface area contributed by atoms with Gasteiger partial charge in [-0.15, -0.1) is 0 Å². The summed E-state index contributed by atoms with van der Waals surface area (Å²) in [5.41, 5.74) is -0.742. The summed E-state index contributed by atoms with van der Waals surface area (Å²) in [5, 5.41) is 2.63. The van der Waals surface area contributed by atoms with Crippen LogP contribution in [-0.4, -0.2) is 61.9 Å². The summed E-state index contributed by atoms with van der Waals surface area (Å²) < 4.78 is 0. The van der Waals surface area contributed by atoms with Gasteiger partial charge in [-0.05, 0) is 32.9 Å². The van der Waals surface area contributed by atoms with Crippen molar-refractivity contribution in [2.45, 2.75) is 32.2 Å². The SMILES string of the molecule is CC[C@@H]1CN(C(=O)C2(C(=O)NC)CC2)C[C@H]1N(C)C. The predicted molar refractivity (Wildman–Crippen MR) is 73.6 cm³/mol. The number of likely N-dealkylation sites (tertiary alicyclic amines) is 1. The van der Waals surface area contributed by atoms with E-state index in [9.17, 15) is 9.59 Å². The van der Waals surface area contributed by atoms with Crippen LogP contribution in [-0.2, 0) is 9.59 Å². The Hall–Kier alpha value is -1.10. The molecule has 1 saturated heterocycles. The van der Waals surface area contributed by atoms with Gasteiger partial charge in [-0.25, -0.2) is 0 Å². The third-order valence-corrected chi connectivity index (χ3v) is 4.70. The first-order chi connectivity index (χ1) is 8.96. The topological polar surface area (TPSA) is 52.7 Å². The van der Waals surface area contributed by atoms with Crippen LogP contribution in [0.4, 0.5) is 0 Å². The largest absolute Gasteiger partial charge is 0.358 e. The lowest BCUT2D eigenvalue weighted by Crippen LogP contribution is -2.44. The zero-order valence-electron chi connectivity index (χ0n) is 12.4. The third-order valence-electron chi connectivity index (χ3n) is 4.70. The fourth-order valence-electron chi connectivity index (χ4n) is 3.21. The second kappa shape index (κ2) is 5.12. The average molecular weight is 267 g/mol. The summed E-state index contributed by atoms with van der Waals surface area (Å²) in [7, 11) is 5.73. The normalized spacial score (nSPS) is 28.6. The summed E-state index contributed by atoms with van der Waals surface area (Å²) in [5.74, 6) is 0.438. The van der Waals surface area contributed by atoms with Crippen LogP contribution in [0.15, 0.2) is 0 Å². The number of hydrogen-bond acceptors (Lipinski definition) is 3. The molecule has 2 atom stereocenters. The van der Waals surface area contributed by atoms with E-state index >= 15 is 0 Å². The van der Waals surface area contributed by atoms with Crippen molar-refractivity contribution in [2.24, 2.45) is 11.3 Å². The molecule has 2 amide bonds. The fourth-order valence-corrected chi connectivity index (χ4v) is 3.21. The van der Waals surface area contributed by atoms with Gasteiger partial charge in [0, 0.05) is 26.2 Å². The van der Waals surface area contributed by atoms with Crippen molar-refractivity contribution >= 4 is 11.8 Å². The van der Waals surface area contributed by atoms with Crippen molar-refractivity contribution in [3.63, 3.8) is 0 Å². The standard InChI is InChI=1S/C14H25N3O2/c1-5-10-8-17(9-11(10)16(3)4)13(19)14(6-7-14)12(18)15-2/h10-11H,5-9H2,1-4H3,(H,15,18)/t10-,11-/m1/s1. The Balaban J connectivity index is 2.08. The maximum atomic E-state index is 12.6. The molecule has 19 heavy (non-hydrogen) atoms. The number of nitrogens with zero attached hydrogens (tertiary/aromatic N) is 2. The number of amides is 2. The molecule has 5 nitrogen and oxygen atoms in total. The number of carbonyl (C=O) groups excluding carboxylic acids is 2. The second-order valence-corrected chi connectivity index (χ2v) is 6.07. The molecule has 5 heteroatoms. The van der Waals surface area contributed by atoms with Gasteiger partial charge >= 0.3 is 0 Å². The van der Waals surface area contributed by atoms with E-state index in [1.807, 2.05) is 4.90 Å². The average Bonchev–Trinajstić information content (AvgIpc) is 3.09. The second-order valence-electron chi connectivity index (χ2n) is 6.07. The zero-order chi connectivity index (χ0) is 14.2. The van der Waals surface area contributed by atoms with E-state index in [0.717, 1.165) is 19.5 Å². The molecule has 1 aliphatic carbocycles. The first kappa shape index (κ1) is 14.3. The van der Waals surface area contributed by atoms with Crippen molar-refractivity contribution in [1.29, 1.82) is 0 Å². The molecule has 1 heterocycles. The van der Waals surface area contributed by atoms with Crippen LogP contribution in [0, 0.1) is 11.3 Å². The Kier molecular flexibility index (Phi) is 3.85. The molecule has 1 N–H and O–H groups in total. The predicted octanol–water partition coefficient (Wildman–Crippen LogP) is 0.311. The summed E-state index contributed by atoms with van der Waals surface area (Å²) in [6.45, 7) is 3.71. The molecule has 2 fully saturated rings. The van der Waals surface area contributed by atoms with Crippen LogP contribution in [0.2, 0.25) is 0 Å². The minimum absolute atomic E-state index is 0.0367. The highest BCUT2D eigenvalue weighted by Gasteiger charge is 2.58. The van der Waals surface area contributed by atoms with Crippen molar-refractivity contribution in [2.75, 3.05) is 34.2 Å². The van der Waals surface area contributed by atoms with Crippen molar-refractivity contribution in [1.82, 2.24) is 15.1 Å². The first-order valence-electron chi connectivity index (χ1n) is 7.14. The quantitative estimate of drug-likeness (QED) is 0.746. The maximum Gasteiger partial charge on any atom is 0.238 e. The summed E-state index contributed by atoms with van der Waals surface area (Å²) in [4.78, 5) is 28.6. The lowest BCUT2D eigenvalue weighted by atomic mass is 10.0. The number of rotatable bonds is 4. The highest BCUT2D eigenvalue weighted by atomic mass is 16.2. The summed E-state index contributed by atoms with van der Waals surface area (Å²) in [6, 6.07) is 0.412. The minimum Gasteiger partial charge on any atom is -0.358 e. The van der Waals surface area contributed by atoms with Crippen molar-refractivity contribution in [3.8, 4) is 0 Å². The number of hydrogen-bond donors (Lipinski definition) is 1. The van der Waals surface area contributed by atoms with E-state index in [1.54, 1.807) is 7.05 Å². The highest BCUT2D eigenvalue weighted by molar-refractivity contribution is 6.07. The van der Waals surface area contributed by atoms with Gasteiger partial charge in [0.2, 0.25) is 11.8 Å². The molecule has 0 radical (unpaired) electrons. The molecular weight excluding hydrogens is 242 g/mol. The van der Waals surface area contributed by atoms with Gasteiger partial charge in [0.1, 0.15) is 5.41 Å². The van der Waals surface area contributed by atoms with E-state index in [1.165, 1.54) is 0 Å². The molecule has 2 aliphatic rings. The van der Waals surface area contributed by atoms with Gasteiger partial charge in [-0.3, -0.25) is 9.59 Å². The Bertz CT molecular complexity index is 377. The highest BCUT2D eigenvalue weighted by Crippen LogP contribution is 2.48. The van der Waals surface area contributed by atoms with Crippen LogP contribution in [0.5, 0.6) is 0 Å². The van der Waals surface area contributed by atoms with E-state index < -0.39 is 5.41 Å². The van der Waals surface area contributed by atoms with E-state index in [-0.39, 0.29) is 11.8 Å². The summed E-state index contributed by atoms with van der Waals surface area (Å²) in [6.07, 6.45) is 2.47. The Morgan fingerprint density at radius 3 is 2.32 bits per heavy atom. The lowest BCUT2D eigenvalue weighted by molar-refractivity contribution is -0.143. The maximum absolute atomic E-state index is 12.6. The van der Waals surface area contributed by atoms with E-state index in [0.29, 0.717) is 24.8 Å². The molecule has 0 aromatic heterocycles. The Morgan fingerprint density at radius 2 is 1.95 bits per heavy atom. The smallest absolute Gasteiger partial charge is 0.238 e. The van der Waals surface area contributed by atoms with Gasteiger partial charge in [0.05, 0.1) is 0 Å². The van der Waals surface area contributed by atoms with Gasteiger partial charge in [-0.2, -0.15) is 0 Å². The fraction of sp³-hybridized carbons (Fsp3) is 0.857. The van der Waals surface area contributed by atoms with Crippen molar-refractivity contribution in [3.05, 3.63) is 0 Å². The van der Waals surface area contributed by atoms with Crippen LogP contribution in [0.3, 0.4) is 0 Å². The Labute approximate surface area is 115 Å². The van der Waals surface area contributed by atoms with E-state index in [2.05, 4.69) is 31.2 Å². The molecule has 0 aromatic carbocycles. The first-order valence-corrected chi connectivity index (χ1v) is 7.14. The number of likely N-dealkylation sites (N-methyl/N-ethyl adjacent to an activating group) is 1. The zero-order valence-corrected chi connectivity index (χ0v) is 12.4. The van der Waals surface area contributed by atoms with Crippen molar-refractivity contribution < 1.29 is 9.59 Å². The van der Waals surface area contributed by atoms with Crippen LogP contribution in [0.25, 0.3) is 0 Å². The summed E-state index contributed by atoms with van der Waals surface area (Å²) >= 11 is 0. The molecular formula is C14H25N3O2. The molecule has 1 aliphatic heterocycles. The number of nitrogens with one attached hydrogen (secondary N) is 1. The van der Waals surface area contributed by atoms with Gasteiger partial charge in [-0.1, -0.05) is 13.3 Å². The van der Waals surface area contributed by atoms with Gasteiger partial charge in [0.25, 0.3) is 0 Å². The van der Waals surface area contributed by atoms with Crippen LogP contribution >= 0.6 is 0 Å². The lowest BCUT2D eigenvalue weighted by Gasteiger charge is -2.24. The monoisotopic (exact) mass is 267 g/mol. The van der Waals surface area contributed by atoms with Gasteiger partial charge in [0.15, 0.2) is 0 Å². The molecule has 1 saturated carbocycles. The van der Waals surface area contributed by atoms with Crippen LogP contribution in [0.1, 0.15) is 26.2 Å². The molecule has 0 unspecified atom stereocenters. The number of carbonyl (C=O) groups is 2. The molecule has 0 bridgehead atoms. The molecule has 0 aromatic rings. The van der Waals surface area contributed by atoms with Gasteiger partial charge < -0.3 is 15.1 Å². The minimum atomic E-state index is -0.742. The molecule has 0 spiro atoms. The molecule has 108 valence electrons. The van der Waals surface area contributed by atoms with Crippen LogP contribution < -0.4 is 5.32 Å². The Morgan fingerprint density at radius 1 is 1.32 bits per heavy atom. The third kappa shape index (κ3) is 2.36. The molecule has 2 rings (SSSR count).